The molecule has 134 valence electrons. The molecular formula is C23H24O3. The van der Waals surface area contributed by atoms with Gasteiger partial charge in [-0.1, -0.05) is 67.1 Å². The predicted molar refractivity (Wildman–Crippen MR) is 102 cm³/mol. The Kier molecular flexibility index (Phi) is 6.00. The minimum Gasteiger partial charge on any atom is -0.462 e. The van der Waals surface area contributed by atoms with E-state index in [-0.39, 0.29) is 23.8 Å². The van der Waals surface area contributed by atoms with Crippen molar-refractivity contribution in [2.45, 2.75) is 38.7 Å². The van der Waals surface area contributed by atoms with Crippen molar-refractivity contribution >= 4 is 17.3 Å². The molecule has 1 aliphatic rings. The molecule has 0 heterocycles. The van der Waals surface area contributed by atoms with Crippen LogP contribution in [0.5, 0.6) is 0 Å². The van der Waals surface area contributed by atoms with Gasteiger partial charge in [-0.2, -0.15) is 0 Å². The zero-order valence-electron chi connectivity index (χ0n) is 15.1. The zero-order valence-corrected chi connectivity index (χ0v) is 15.1. The van der Waals surface area contributed by atoms with E-state index in [0.29, 0.717) is 0 Å². The SMILES string of the molecule is CC(=O)O[C@@H]1CCCC[C@H]1C(=O)C=C(c1ccccc1)c1ccccc1. The molecule has 3 nitrogen and oxygen atoms in total. The van der Waals surface area contributed by atoms with Crippen LogP contribution in [0.3, 0.4) is 0 Å². The largest absolute Gasteiger partial charge is 0.462 e. The summed E-state index contributed by atoms with van der Waals surface area (Å²) in [5.74, 6) is -0.529. The average molecular weight is 348 g/mol. The fourth-order valence-electron chi connectivity index (χ4n) is 3.59. The second-order valence-corrected chi connectivity index (χ2v) is 6.73. The van der Waals surface area contributed by atoms with Gasteiger partial charge in [-0.25, -0.2) is 0 Å². The third-order valence-corrected chi connectivity index (χ3v) is 4.84. The molecule has 3 heteroatoms. The molecule has 0 spiro atoms. The summed E-state index contributed by atoms with van der Waals surface area (Å²) in [7, 11) is 0. The van der Waals surface area contributed by atoms with E-state index in [1.807, 2.05) is 60.7 Å². The Bertz CT molecular complexity index is 736. The van der Waals surface area contributed by atoms with Crippen LogP contribution in [0.15, 0.2) is 66.7 Å². The highest BCUT2D eigenvalue weighted by Crippen LogP contribution is 2.30. The van der Waals surface area contributed by atoms with Gasteiger partial charge in [0.2, 0.25) is 0 Å². The minimum atomic E-state index is -0.315. The van der Waals surface area contributed by atoms with E-state index in [0.717, 1.165) is 42.4 Å². The maximum atomic E-state index is 13.1. The van der Waals surface area contributed by atoms with Gasteiger partial charge < -0.3 is 4.74 Å². The van der Waals surface area contributed by atoms with Crippen molar-refractivity contribution in [2.24, 2.45) is 5.92 Å². The lowest BCUT2D eigenvalue weighted by molar-refractivity contribution is -0.152. The van der Waals surface area contributed by atoms with Crippen molar-refractivity contribution in [3.8, 4) is 0 Å². The summed E-state index contributed by atoms with van der Waals surface area (Å²) in [6.07, 6.45) is 4.94. The summed E-state index contributed by atoms with van der Waals surface area (Å²) in [6.45, 7) is 1.41. The number of ketones is 1. The summed E-state index contributed by atoms with van der Waals surface area (Å²) in [5, 5.41) is 0. The lowest BCUT2D eigenvalue weighted by Crippen LogP contribution is -2.34. The molecule has 0 unspecified atom stereocenters. The third kappa shape index (κ3) is 4.48. The van der Waals surface area contributed by atoms with Gasteiger partial charge in [0, 0.05) is 6.92 Å². The first-order valence-electron chi connectivity index (χ1n) is 9.19. The highest BCUT2D eigenvalue weighted by atomic mass is 16.5. The molecule has 1 saturated carbocycles. The van der Waals surface area contributed by atoms with Crippen molar-refractivity contribution in [3.63, 3.8) is 0 Å². The molecule has 1 fully saturated rings. The van der Waals surface area contributed by atoms with Crippen LogP contribution in [0.25, 0.3) is 5.57 Å². The summed E-state index contributed by atoms with van der Waals surface area (Å²) in [5.41, 5.74) is 2.92. The van der Waals surface area contributed by atoms with Gasteiger partial charge in [-0.05, 0) is 42.0 Å². The van der Waals surface area contributed by atoms with E-state index in [2.05, 4.69) is 0 Å². The molecule has 0 amide bonds. The van der Waals surface area contributed by atoms with Crippen molar-refractivity contribution in [1.82, 2.24) is 0 Å². The summed E-state index contributed by atoms with van der Waals surface area (Å²) in [4.78, 5) is 24.5. The van der Waals surface area contributed by atoms with Gasteiger partial charge in [-0.3, -0.25) is 9.59 Å². The predicted octanol–water partition coefficient (Wildman–Crippen LogP) is 4.81. The second kappa shape index (κ2) is 8.61. The molecule has 2 aromatic carbocycles. The van der Waals surface area contributed by atoms with Crippen LogP contribution >= 0.6 is 0 Å². The van der Waals surface area contributed by atoms with Gasteiger partial charge in [0.05, 0.1) is 5.92 Å². The van der Waals surface area contributed by atoms with Crippen LogP contribution in [0.4, 0.5) is 0 Å². The van der Waals surface area contributed by atoms with Crippen molar-refractivity contribution in [1.29, 1.82) is 0 Å². The van der Waals surface area contributed by atoms with E-state index < -0.39 is 0 Å². The Hall–Kier alpha value is -2.68. The number of carbonyl (C=O) groups excluding carboxylic acids is 2. The van der Waals surface area contributed by atoms with E-state index in [9.17, 15) is 9.59 Å². The molecular weight excluding hydrogens is 324 g/mol. The van der Waals surface area contributed by atoms with E-state index in [1.165, 1.54) is 6.92 Å². The molecule has 1 aliphatic carbocycles. The summed E-state index contributed by atoms with van der Waals surface area (Å²) >= 11 is 0. The van der Waals surface area contributed by atoms with Gasteiger partial charge >= 0.3 is 5.97 Å². The van der Waals surface area contributed by atoms with Crippen LogP contribution < -0.4 is 0 Å². The fourth-order valence-corrected chi connectivity index (χ4v) is 3.59. The first-order chi connectivity index (χ1) is 12.6. The van der Waals surface area contributed by atoms with Crippen LogP contribution in [-0.2, 0) is 14.3 Å². The Morgan fingerprint density at radius 3 is 1.96 bits per heavy atom. The quantitative estimate of drug-likeness (QED) is 0.575. The second-order valence-electron chi connectivity index (χ2n) is 6.73. The number of allylic oxidation sites excluding steroid dienone is 1. The van der Waals surface area contributed by atoms with Gasteiger partial charge in [0.25, 0.3) is 0 Å². The summed E-state index contributed by atoms with van der Waals surface area (Å²) < 4.78 is 5.43. The lowest BCUT2D eigenvalue weighted by atomic mass is 9.82. The lowest BCUT2D eigenvalue weighted by Gasteiger charge is -2.29. The van der Waals surface area contributed by atoms with E-state index >= 15 is 0 Å². The molecule has 0 saturated heterocycles. The monoisotopic (exact) mass is 348 g/mol. The van der Waals surface area contributed by atoms with Crippen LogP contribution in [0.1, 0.15) is 43.7 Å². The molecule has 26 heavy (non-hydrogen) atoms. The van der Waals surface area contributed by atoms with Crippen molar-refractivity contribution in [2.75, 3.05) is 0 Å². The third-order valence-electron chi connectivity index (χ3n) is 4.84. The first kappa shape index (κ1) is 18.1. The van der Waals surface area contributed by atoms with Crippen LogP contribution in [0, 0.1) is 5.92 Å². The normalized spacial score (nSPS) is 19.4. The first-order valence-corrected chi connectivity index (χ1v) is 9.19. The molecule has 0 N–H and O–H groups in total. The molecule has 0 bridgehead atoms. The van der Waals surface area contributed by atoms with Crippen molar-refractivity contribution in [3.05, 3.63) is 77.9 Å². The highest BCUT2D eigenvalue weighted by Gasteiger charge is 2.32. The number of carbonyl (C=O) groups is 2. The topological polar surface area (TPSA) is 43.4 Å². The standard InChI is InChI=1S/C23H24O3/c1-17(24)26-23-15-9-8-14-20(23)22(25)16-21(18-10-4-2-5-11-18)19-12-6-3-7-13-19/h2-7,10-13,16,20,23H,8-9,14-15H2,1H3/t20-,23+/m0/s1. The molecule has 0 radical (unpaired) electrons. The van der Waals surface area contributed by atoms with E-state index in [1.54, 1.807) is 6.08 Å². The van der Waals surface area contributed by atoms with Gasteiger partial charge in [0.15, 0.2) is 5.78 Å². The molecule has 0 aromatic heterocycles. The Balaban J connectivity index is 1.94. The van der Waals surface area contributed by atoms with Gasteiger partial charge in [0.1, 0.15) is 6.10 Å². The maximum absolute atomic E-state index is 13.1. The average Bonchev–Trinajstić information content (AvgIpc) is 2.67. The maximum Gasteiger partial charge on any atom is 0.302 e. The minimum absolute atomic E-state index is 0.0404. The molecule has 3 rings (SSSR count). The molecule has 0 aliphatic heterocycles. The highest BCUT2D eigenvalue weighted by molar-refractivity contribution is 6.02. The Morgan fingerprint density at radius 2 is 1.42 bits per heavy atom. The summed E-state index contributed by atoms with van der Waals surface area (Å²) in [6, 6.07) is 19.9. The Morgan fingerprint density at radius 1 is 0.885 bits per heavy atom. The number of ether oxygens (including phenoxy) is 1. The van der Waals surface area contributed by atoms with Crippen molar-refractivity contribution < 1.29 is 14.3 Å². The smallest absolute Gasteiger partial charge is 0.302 e. The number of esters is 1. The number of benzene rings is 2. The van der Waals surface area contributed by atoms with E-state index in [4.69, 9.17) is 4.74 Å². The molecule has 2 aromatic rings. The Labute approximate surface area is 154 Å². The van der Waals surface area contributed by atoms with Crippen LogP contribution in [0.2, 0.25) is 0 Å². The fraction of sp³-hybridized carbons (Fsp3) is 0.304. The van der Waals surface area contributed by atoms with Crippen LogP contribution in [-0.4, -0.2) is 17.9 Å². The number of hydrogen-bond acceptors (Lipinski definition) is 3. The zero-order chi connectivity index (χ0) is 18.4. The molecule has 2 atom stereocenters. The number of hydrogen-bond donors (Lipinski definition) is 0. The number of rotatable bonds is 5. The van der Waals surface area contributed by atoms with Gasteiger partial charge in [-0.15, -0.1) is 0 Å².